The fourth-order valence-corrected chi connectivity index (χ4v) is 1.05. The maximum absolute atomic E-state index is 5.58. The van der Waals surface area contributed by atoms with E-state index in [9.17, 15) is 0 Å². The van der Waals surface area contributed by atoms with E-state index in [1.165, 1.54) is 0 Å². The molecule has 3 nitrogen and oxygen atoms in total. The summed E-state index contributed by atoms with van der Waals surface area (Å²) < 4.78 is 10.8. The van der Waals surface area contributed by atoms with Crippen LogP contribution < -0.4 is 5.73 Å². The summed E-state index contributed by atoms with van der Waals surface area (Å²) in [7, 11) is 0. The topological polar surface area (TPSA) is 48.4 Å². The van der Waals surface area contributed by atoms with Crippen molar-refractivity contribution in [2.45, 2.75) is 20.0 Å². The second kappa shape index (κ2) is 5.04. The van der Waals surface area contributed by atoms with Gasteiger partial charge in [0.2, 0.25) is 0 Å². The monoisotopic (exact) mass is 183 g/mol. The first-order valence-corrected chi connectivity index (χ1v) is 4.59. The lowest BCUT2D eigenvalue weighted by Crippen LogP contribution is -2.17. The molecule has 0 saturated carbocycles. The molecule has 0 spiro atoms. The molecular formula is C10H17NO2. The molecule has 0 aliphatic heterocycles. The third kappa shape index (κ3) is 3.20. The molecule has 1 rings (SSSR count). The molecule has 1 aromatic heterocycles. The molecule has 0 aliphatic rings. The normalized spacial score (nSPS) is 13.5. The Morgan fingerprint density at radius 2 is 2.31 bits per heavy atom. The van der Waals surface area contributed by atoms with Crippen molar-refractivity contribution in [1.29, 1.82) is 0 Å². The largest absolute Gasteiger partial charge is 0.467 e. The van der Waals surface area contributed by atoms with E-state index in [-0.39, 0.29) is 6.10 Å². The Labute approximate surface area is 78.9 Å². The quantitative estimate of drug-likeness (QED) is 0.759. The summed E-state index contributed by atoms with van der Waals surface area (Å²) in [5.74, 6) is 1.33. The Hall–Kier alpha value is -0.800. The van der Waals surface area contributed by atoms with Crippen LogP contribution in [-0.2, 0) is 4.74 Å². The Bertz CT molecular complexity index is 219. The van der Waals surface area contributed by atoms with Crippen LogP contribution in [0.2, 0.25) is 0 Å². The van der Waals surface area contributed by atoms with Crippen LogP contribution in [0, 0.1) is 5.92 Å². The van der Waals surface area contributed by atoms with Crippen LogP contribution in [0.4, 0.5) is 0 Å². The first kappa shape index (κ1) is 10.3. The van der Waals surface area contributed by atoms with Gasteiger partial charge in [-0.3, -0.25) is 0 Å². The van der Waals surface area contributed by atoms with E-state index in [4.69, 9.17) is 14.9 Å². The molecule has 0 aliphatic carbocycles. The van der Waals surface area contributed by atoms with Crippen molar-refractivity contribution in [3.8, 4) is 0 Å². The van der Waals surface area contributed by atoms with Gasteiger partial charge in [-0.2, -0.15) is 0 Å². The predicted octanol–water partition coefficient (Wildman–Crippen LogP) is 1.95. The average Bonchev–Trinajstić information content (AvgIpc) is 2.58. The number of furan rings is 1. The summed E-state index contributed by atoms with van der Waals surface area (Å²) in [5, 5.41) is 0. The molecule has 1 heterocycles. The molecule has 1 atom stereocenters. The van der Waals surface area contributed by atoms with Gasteiger partial charge in [-0.1, -0.05) is 13.8 Å². The van der Waals surface area contributed by atoms with Crippen molar-refractivity contribution in [2.24, 2.45) is 11.7 Å². The lowest BCUT2D eigenvalue weighted by molar-refractivity contribution is 0.0273. The highest BCUT2D eigenvalue weighted by atomic mass is 16.5. The fourth-order valence-electron chi connectivity index (χ4n) is 1.05. The highest BCUT2D eigenvalue weighted by Crippen LogP contribution is 2.17. The van der Waals surface area contributed by atoms with E-state index in [2.05, 4.69) is 13.8 Å². The fraction of sp³-hybridized carbons (Fsp3) is 0.600. The van der Waals surface area contributed by atoms with Gasteiger partial charge in [0.05, 0.1) is 6.26 Å². The minimum absolute atomic E-state index is 0.0996. The lowest BCUT2D eigenvalue weighted by atomic mass is 10.2. The van der Waals surface area contributed by atoms with Crippen molar-refractivity contribution in [3.63, 3.8) is 0 Å². The Balaban J connectivity index is 2.44. The summed E-state index contributed by atoms with van der Waals surface area (Å²) >= 11 is 0. The molecule has 0 bridgehead atoms. The molecule has 0 saturated heterocycles. The second-order valence-corrected chi connectivity index (χ2v) is 3.47. The van der Waals surface area contributed by atoms with Crippen LogP contribution in [0.5, 0.6) is 0 Å². The molecule has 74 valence electrons. The van der Waals surface area contributed by atoms with Crippen molar-refractivity contribution < 1.29 is 9.15 Å². The summed E-state index contributed by atoms with van der Waals surface area (Å²) in [6.07, 6.45) is 1.54. The lowest BCUT2D eigenvalue weighted by Gasteiger charge is -2.14. The molecule has 1 unspecified atom stereocenters. The van der Waals surface area contributed by atoms with Crippen LogP contribution in [0.25, 0.3) is 0 Å². The van der Waals surface area contributed by atoms with E-state index >= 15 is 0 Å². The maximum atomic E-state index is 5.58. The molecule has 13 heavy (non-hydrogen) atoms. The number of rotatable bonds is 5. The average molecular weight is 183 g/mol. The summed E-state index contributed by atoms with van der Waals surface area (Å²) in [5.41, 5.74) is 5.57. The molecule has 0 fully saturated rings. The summed E-state index contributed by atoms with van der Waals surface area (Å²) in [6, 6.07) is 3.73. The van der Waals surface area contributed by atoms with Gasteiger partial charge >= 0.3 is 0 Å². The number of ether oxygens (including phenoxy) is 1. The minimum Gasteiger partial charge on any atom is -0.467 e. The molecule has 0 radical (unpaired) electrons. The molecule has 2 N–H and O–H groups in total. The third-order valence-electron chi connectivity index (χ3n) is 1.71. The Morgan fingerprint density at radius 3 is 2.77 bits per heavy atom. The van der Waals surface area contributed by atoms with Gasteiger partial charge in [0.1, 0.15) is 11.9 Å². The zero-order chi connectivity index (χ0) is 9.68. The van der Waals surface area contributed by atoms with E-state index in [0.29, 0.717) is 19.1 Å². The molecule has 3 heteroatoms. The highest BCUT2D eigenvalue weighted by molar-refractivity contribution is 5.02. The van der Waals surface area contributed by atoms with Crippen LogP contribution in [-0.4, -0.2) is 13.2 Å². The maximum Gasteiger partial charge on any atom is 0.133 e. The smallest absolute Gasteiger partial charge is 0.133 e. The van der Waals surface area contributed by atoms with Gasteiger partial charge in [0.15, 0.2) is 0 Å². The molecule has 1 aromatic rings. The minimum atomic E-state index is -0.0996. The Morgan fingerprint density at radius 1 is 1.54 bits per heavy atom. The van der Waals surface area contributed by atoms with Gasteiger partial charge in [0.25, 0.3) is 0 Å². The number of hydrogen-bond acceptors (Lipinski definition) is 3. The Kier molecular flexibility index (Phi) is 3.99. The number of nitrogens with two attached hydrogens (primary N) is 1. The van der Waals surface area contributed by atoms with Gasteiger partial charge in [0, 0.05) is 13.2 Å². The van der Waals surface area contributed by atoms with E-state index in [1.54, 1.807) is 6.26 Å². The van der Waals surface area contributed by atoms with Crippen LogP contribution in [0.3, 0.4) is 0 Å². The van der Waals surface area contributed by atoms with E-state index in [0.717, 1.165) is 5.76 Å². The third-order valence-corrected chi connectivity index (χ3v) is 1.71. The van der Waals surface area contributed by atoms with Crippen LogP contribution in [0.1, 0.15) is 25.7 Å². The molecular weight excluding hydrogens is 166 g/mol. The summed E-state index contributed by atoms with van der Waals surface area (Å²) in [6.45, 7) is 5.38. The summed E-state index contributed by atoms with van der Waals surface area (Å²) in [4.78, 5) is 0. The predicted molar refractivity (Wildman–Crippen MR) is 51.3 cm³/mol. The zero-order valence-electron chi connectivity index (χ0n) is 8.19. The van der Waals surface area contributed by atoms with Gasteiger partial charge in [-0.25, -0.2) is 0 Å². The number of hydrogen-bond donors (Lipinski definition) is 1. The first-order chi connectivity index (χ1) is 6.24. The second-order valence-electron chi connectivity index (χ2n) is 3.47. The van der Waals surface area contributed by atoms with E-state index < -0.39 is 0 Å². The zero-order valence-corrected chi connectivity index (χ0v) is 8.19. The molecule has 0 aromatic carbocycles. The van der Waals surface area contributed by atoms with Crippen molar-refractivity contribution in [2.75, 3.05) is 13.2 Å². The van der Waals surface area contributed by atoms with Crippen molar-refractivity contribution in [3.05, 3.63) is 24.2 Å². The standard InChI is InChI=1S/C10H17NO2/c1-8(2)7-13-10(6-11)9-4-3-5-12-9/h3-5,8,10H,6-7,11H2,1-2H3. The highest BCUT2D eigenvalue weighted by Gasteiger charge is 2.12. The van der Waals surface area contributed by atoms with Gasteiger partial charge in [-0.05, 0) is 18.1 Å². The first-order valence-electron chi connectivity index (χ1n) is 4.59. The van der Waals surface area contributed by atoms with Crippen LogP contribution in [0.15, 0.2) is 22.8 Å². The SMILES string of the molecule is CC(C)COC(CN)c1ccco1. The van der Waals surface area contributed by atoms with Gasteiger partial charge < -0.3 is 14.9 Å². The van der Waals surface area contributed by atoms with Crippen LogP contribution >= 0.6 is 0 Å². The molecule has 0 amide bonds. The van der Waals surface area contributed by atoms with Crippen molar-refractivity contribution in [1.82, 2.24) is 0 Å². The van der Waals surface area contributed by atoms with Crippen molar-refractivity contribution >= 4 is 0 Å². The van der Waals surface area contributed by atoms with Gasteiger partial charge in [-0.15, -0.1) is 0 Å². The van der Waals surface area contributed by atoms with E-state index in [1.807, 2.05) is 12.1 Å².